The number of alkyl halides is 3. The molecular weight excluding hydrogens is 435 g/mol. The summed E-state index contributed by atoms with van der Waals surface area (Å²) in [6, 6.07) is 12.4. The molecule has 0 unspecified atom stereocenters. The first kappa shape index (κ1) is 22.0. The molecule has 0 fully saturated rings. The van der Waals surface area contributed by atoms with Crippen molar-refractivity contribution in [3.05, 3.63) is 89.8 Å². The van der Waals surface area contributed by atoms with Gasteiger partial charge in [0.25, 0.3) is 5.91 Å². The van der Waals surface area contributed by atoms with Crippen molar-refractivity contribution in [2.24, 2.45) is 0 Å². The average Bonchev–Trinajstić information content (AvgIpc) is 3.13. The Labute approximate surface area is 186 Å². The van der Waals surface area contributed by atoms with E-state index in [-0.39, 0.29) is 0 Å². The molecule has 7 nitrogen and oxygen atoms in total. The van der Waals surface area contributed by atoms with Crippen LogP contribution in [0.4, 0.5) is 18.9 Å². The number of carbonyl (C=O) groups is 1. The molecule has 0 saturated heterocycles. The number of hydrogen-bond acceptors (Lipinski definition) is 5. The summed E-state index contributed by atoms with van der Waals surface area (Å²) >= 11 is 0. The maximum Gasteiger partial charge on any atom is 0.417 e. The monoisotopic (exact) mass is 453 g/mol. The third-order valence-electron chi connectivity index (χ3n) is 4.94. The summed E-state index contributed by atoms with van der Waals surface area (Å²) in [6.07, 6.45) is -1.60. The van der Waals surface area contributed by atoms with Crippen molar-refractivity contribution in [3.8, 4) is 17.4 Å². The molecule has 1 N–H and O–H groups in total. The second-order valence-corrected chi connectivity index (χ2v) is 7.12. The first-order chi connectivity index (χ1) is 15.7. The van der Waals surface area contributed by atoms with Gasteiger partial charge in [0.05, 0.1) is 16.8 Å². The number of imidazole rings is 1. The van der Waals surface area contributed by atoms with Gasteiger partial charge in [0.2, 0.25) is 5.88 Å². The molecule has 0 atom stereocenters. The smallest absolute Gasteiger partial charge is 0.417 e. The Balaban J connectivity index is 1.47. The van der Waals surface area contributed by atoms with Gasteiger partial charge in [-0.15, -0.1) is 0 Å². The maximum absolute atomic E-state index is 13.2. The quantitative estimate of drug-likeness (QED) is 0.441. The average molecular weight is 453 g/mol. The van der Waals surface area contributed by atoms with Crippen LogP contribution in [-0.2, 0) is 6.18 Å². The van der Waals surface area contributed by atoms with Crippen molar-refractivity contribution < 1.29 is 22.7 Å². The summed E-state index contributed by atoms with van der Waals surface area (Å²) in [5.41, 5.74) is 0.685. The van der Waals surface area contributed by atoms with Crippen LogP contribution in [0.3, 0.4) is 0 Å². The third-order valence-corrected chi connectivity index (χ3v) is 4.94. The van der Waals surface area contributed by atoms with E-state index in [0.29, 0.717) is 23.1 Å². The fourth-order valence-electron chi connectivity index (χ4n) is 3.10. The lowest BCUT2D eigenvalue weighted by atomic mass is 10.1. The third kappa shape index (κ3) is 4.84. The molecule has 0 bridgehead atoms. The van der Waals surface area contributed by atoms with E-state index in [0.717, 1.165) is 23.5 Å². The van der Waals surface area contributed by atoms with Crippen molar-refractivity contribution in [3.63, 3.8) is 0 Å². The van der Waals surface area contributed by atoms with Crippen LogP contribution in [0.1, 0.15) is 27.3 Å². The van der Waals surface area contributed by atoms with Gasteiger partial charge in [-0.2, -0.15) is 13.2 Å². The minimum absolute atomic E-state index is 0.293. The topological polar surface area (TPSA) is 81.9 Å². The van der Waals surface area contributed by atoms with Gasteiger partial charge < -0.3 is 10.1 Å². The first-order valence-electron chi connectivity index (χ1n) is 9.81. The standard InChI is InChI=1S/C23H18F3N5O2/c1-14-15(2)31(13-29-14)20-11-21(28-12-27-20)33-17-9-7-16(8-10-17)30-22(32)18-5-3-4-6-19(18)23(24,25)26/h3-13H,1-2H3,(H,30,32). The van der Waals surface area contributed by atoms with Gasteiger partial charge in [-0.3, -0.25) is 9.36 Å². The van der Waals surface area contributed by atoms with Gasteiger partial charge in [0, 0.05) is 17.4 Å². The fourth-order valence-corrected chi connectivity index (χ4v) is 3.10. The lowest BCUT2D eigenvalue weighted by Gasteiger charge is -2.13. The summed E-state index contributed by atoms with van der Waals surface area (Å²) in [4.78, 5) is 25.0. The highest BCUT2D eigenvalue weighted by atomic mass is 19.4. The Morgan fingerprint density at radius 1 is 1.00 bits per heavy atom. The number of hydrogen-bond donors (Lipinski definition) is 1. The number of nitrogens with zero attached hydrogens (tertiary/aromatic N) is 4. The van der Waals surface area contributed by atoms with E-state index in [4.69, 9.17) is 4.74 Å². The van der Waals surface area contributed by atoms with Crippen LogP contribution in [0, 0.1) is 13.8 Å². The normalized spacial score (nSPS) is 11.3. The van der Waals surface area contributed by atoms with Crippen LogP contribution in [0.25, 0.3) is 5.82 Å². The zero-order valence-corrected chi connectivity index (χ0v) is 17.6. The minimum Gasteiger partial charge on any atom is -0.439 e. The Hall–Kier alpha value is -4.21. The molecule has 33 heavy (non-hydrogen) atoms. The highest BCUT2D eigenvalue weighted by Crippen LogP contribution is 2.32. The molecule has 2 aromatic carbocycles. The van der Waals surface area contributed by atoms with E-state index in [2.05, 4.69) is 20.3 Å². The largest absolute Gasteiger partial charge is 0.439 e. The van der Waals surface area contributed by atoms with Gasteiger partial charge in [-0.05, 0) is 50.2 Å². The van der Waals surface area contributed by atoms with E-state index in [1.807, 2.05) is 13.8 Å². The molecule has 0 radical (unpaired) electrons. The van der Waals surface area contributed by atoms with Crippen molar-refractivity contribution in [2.75, 3.05) is 5.32 Å². The number of benzene rings is 2. The summed E-state index contributed by atoms with van der Waals surface area (Å²) in [5, 5.41) is 2.47. The van der Waals surface area contributed by atoms with Crippen LogP contribution in [0.5, 0.6) is 11.6 Å². The first-order valence-corrected chi connectivity index (χ1v) is 9.81. The number of carbonyl (C=O) groups excluding carboxylic acids is 1. The Kier molecular flexibility index (Phi) is 5.82. The van der Waals surface area contributed by atoms with Gasteiger partial charge >= 0.3 is 6.18 Å². The number of aryl methyl sites for hydroxylation is 1. The van der Waals surface area contributed by atoms with E-state index in [9.17, 15) is 18.0 Å². The molecular formula is C23H18F3N5O2. The number of nitrogens with one attached hydrogen (secondary N) is 1. The van der Waals surface area contributed by atoms with E-state index < -0.39 is 23.2 Å². The van der Waals surface area contributed by atoms with Crippen molar-refractivity contribution >= 4 is 11.6 Å². The van der Waals surface area contributed by atoms with E-state index >= 15 is 0 Å². The number of ether oxygens (including phenoxy) is 1. The van der Waals surface area contributed by atoms with E-state index in [1.54, 1.807) is 29.1 Å². The van der Waals surface area contributed by atoms with Gasteiger partial charge in [-0.25, -0.2) is 15.0 Å². The molecule has 4 aromatic rings. The summed E-state index contributed by atoms with van der Waals surface area (Å²) in [6.45, 7) is 3.82. The molecule has 0 aliphatic rings. The zero-order chi connectivity index (χ0) is 23.6. The van der Waals surface area contributed by atoms with Gasteiger partial charge in [0.1, 0.15) is 24.2 Å². The Bertz CT molecular complexity index is 1300. The number of aromatic nitrogens is 4. The Morgan fingerprint density at radius 2 is 1.73 bits per heavy atom. The van der Waals surface area contributed by atoms with Crippen molar-refractivity contribution in [1.29, 1.82) is 0 Å². The molecule has 1 amide bonds. The predicted octanol–water partition coefficient (Wildman–Crippen LogP) is 5.34. The second kappa shape index (κ2) is 8.73. The molecule has 4 rings (SSSR count). The van der Waals surface area contributed by atoms with Gasteiger partial charge in [-0.1, -0.05) is 12.1 Å². The molecule has 0 aliphatic carbocycles. The zero-order valence-electron chi connectivity index (χ0n) is 17.6. The molecule has 0 aliphatic heterocycles. The number of rotatable bonds is 5. The molecule has 0 spiro atoms. The number of amides is 1. The number of halogens is 3. The van der Waals surface area contributed by atoms with Gasteiger partial charge in [0.15, 0.2) is 0 Å². The molecule has 168 valence electrons. The summed E-state index contributed by atoms with van der Waals surface area (Å²) < 4.78 is 47.0. The summed E-state index contributed by atoms with van der Waals surface area (Å²) in [7, 11) is 0. The lowest BCUT2D eigenvalue weighted by molar-refractivity contribution is -0.137. The predicted molar refractivity (Wildman–Crippen MR) is 115 cm³/mol. The molecule has 0 saturated carbocycles. The Morgan fingerprint density at radius 3 is 2.39 bits per heavy atom. The van der Waals surface area contributed by atoms with Crippen LogP contribution >= 0.6 is 0 Å². The van der Waals surface area contributed by atoms with Crippen LogP contribution in [0.2, 0.25) is 0 Å². The molecule has 2 heterocycles. The van der Waals surface area contributed by atoms with Crippen molar-refractivity contribution in [1.82, 2.24) is 19.5 Å². The molecule has 10 heteroatoms. The minimum atomic E-state index is -4.63. The van der Waals surface area contributed by atoms with Crippen LogP contribution in [-0.4, -0.2) is 25.4 Å². The van der Waals surface area contributed by atoms with Crippen molar-refractivity contribution in [2.45, 2.75) is 20.0 Å². The molecule has 2 aromatic heterocycles. The summed E-state index contributed by atoms with van der Waals surface area (Å²) in [5.74, 6) is 0.446. The SMILES string of the molecule is Cc1ncn(-c2cc(Oc3ccc(NC(=O)c4ccccc4C(F)(F)F)cc3)ncn2)c1C. The lowest BCUT2D eigenvalue weighted by Crippen LogP contribution is -2.18. The van der Waals surface area contributed by atoms with Crippen LogP contribution in [0.15, 0.2) is 67.3 Å². The highest BCUT2D eigenvalue weighted by Gasteiger charge is 2.34. The van der Waals surface area contributed by atoms with E-state index in [1.165, 1.54) is 30.6 Å². The second-order valence-electron chi connectivity index (χ2n) is 7.12. The highest BCUT2D eigenvalue weighted by molar-refractivity contribution is 6.05. The van der Waals surface area contributed by atoms with Crippen LogP contribution < -0.4 is 10.1 Å². The maximum atomic E-state index is 13.2. The number of anilines is 1. The fraction of sp³-hybridized carbons (Fsp3) is 0.130.